The number of nitrogen functional groups attached to an aromatic ring is 1. The number of fused-ring (bicyclic) bond motifs is 1. The van der Waals surface area contributed by atoms with Crippen molar-refractivity contribution in [1.82, 2.24) is 24.6 Å². The van der Waals surface area contributed by atoms with Crippen LogP contribution in [-0.4, -0.2) is 78.2 Å². The quantitative estimate of drug-likeness (QED) is 0.276. The fraction of sp³-hybridized carbons (Fsp3) is 0.600. The number of alkyl halides is 1. The van der Waals surface area contributed by atoms with E-state index in [2.05, 4.69) is 20.3 Å². The number of aliphatic hydroxyl groups excluding tert-OH is 1. The topological polar surface area (TPSA) is 207 Å². The molecule has 1 aliphatic rings. The molecule has 31 heavy (non-hydrogen) atoms. The Bertz CT molecular complexity index is 1030. The summed E-state index contributed by atoms with van der Waals surface area (Å²) in [4.78, 5) is 32.8. The van der Waals surface area contributed by atoms with E-state index in [0.29, 0.717) is 5.82 Å². The zero-order valence-electron chi connectivity index (χ0n) is 16.8. The highest BCUT2D eigenvalue weighted by Gasteiger charge is 2.55. The summed E-state index contributed by atoms with van der Waals surface area (Å²) in [7, 11) is -2.98. The van der Waals surface area contributed by atoms with Crippen LogP contribution >= 0.6 is 7.75 Å². The molecule has 14 nitrogen and oxygen atoms in total. The van der Waals surface area contributed by atoms with Crippen molar-refractivity contribution in [2.45, 2.75) is 44.0 Å². The van der Waals surface area contributed by atoms with Gasteiger partial charge in [0.15, 0.2) is 28.9 Å². The maximum absolute atomic E-state index is 15.4. The van der Waals surface area contributed by atoms with Crippen LogP contribution < -0.4 is 16.1 Å². The first-order valence-corrected chi connectivity index (χ1v) is 10.6. The molecule has 0 amide bonds. The maximum Gasteiger partial charge on any atom is 0.403 e. The number of anilines is 2. The Morgan fingerprint density at radius 2 is 2.23 bits per heavy atom. The Morgan fingerprint density at radius 1 is 1.55 bits per heavy atom. The van der Waals surface area contributed by atoms with Gasteiger partial charge in [0, 0.05) is 7.05 Å². The van der Waals surface area contributed by atoms with E-state index in [-0.39, 0.29) is 17.1 Å². The van der Waals surface area contributed by atoms with Gasteiger partial charge in [0.05, 0.1) is 12.9 Å². The first kappa shape index (κ1) is 23.2. The molecule has 6 unspecified atom stereocenters. The molecule has 0 aliphatic carbocycles. The predicted molar refractivity (Wildman–Crippen MR) is 105 cm³/mol. The van der Waals surface area contributed by atoms with Gasteiger partial charge in [-0.2, -0.15) is 9.97 Å². The second-order valence-corrected chi connectivity index (χ2v) is 8.69. The number of imidazole rings is 1. The average molecular weight is 463 g/mol. The van der Waals surface area contributed by atoms with E-state index in [1.807, 2.05) is 5.09 Å². The summed E-state index contributed by atoms with van der Waals surface area (Å²) in [6.07, 6.45) is -3.30. The van der Waals surface area contributed by atoms with Gasteiger partial charge >= 0.3 is 13.7 Å². The predicted octanol–water partition coefficient (Wildman–Crippen LogP) is -0.384. The minimum atomic E-state index is -4.57. The number of carbonyl (C=O) groups is 1. The lowest BCUT2D eigenvalue weighted by molar-refractivity contribution is -0.138. The van der Waals surface area contributed by atoms with Crippen LogP contribution in [0.3, 0.4) is 0 Å². The van der Waals surface area contributed by atoms with Gasteiger partial charge in [0.1, 0.15) is 18.2 Å². The number of hydrogen-bond donors (Lipinski definition) is 6. The zero-order chi connectivity index (χ0) is 23.1. The first-order valence-electron chi connectivity index (χ1n) is 9.05. The molecule has 0 spiro atoms. The SMILES string of the molecule is CNc1nc(N)nc2c1ncn2C1OC(COP(=O)(O)NC(C)C(=O)O)C(O)C1(C)F. The van der Waals surface area contributed by atoms with E-state index in [1.54, 1.807) is 7.05 Å². The molecule has 3 heterocycles. The molecule has 172 valence electrons. The summed E-state index contributed by atoms with van der Waals surface area (Å²) < 4.78 is 39.1. The number of nitrogens with two attached hydrogens (primary N) is 1. The highest BCUT2D eigenvalue weighted by Crippen LogP contribution is 2.45. The monoisotopic (exact) mass is 463 g/mol. The number of aliphatic carboxylic acids is 1. The molecular weight excluding hydrogens is 440 g/mol. The van der Waals surface area contributed by atoms with Crippen molar-refractivity contribution < 1.29 is 38.1 Å². The smallest absolute Gasteiger partial charge is 0.403 e. The lowest BCUT2D eigenvalue weighted by Crippen LogP contribution is -2.41. The van der Waals surface area contributed by atoms with Crippen molar-refractivity contribution in [1.29, 1.82) is 0 Å². The number of carboxylic acid groups (broad SMARTS) is 1. The van der Waals surface area contributed by atoms with Gasteiger partial charge in [-0.15, -0.1) is 0 Å². The van der Waals surface area contributed by atoms with Gasteiger partial charge in [-0.3, -0.25) is 13.9 Å². The summed E-state index contributed by atoms with van der Waals surface area (Å²) in [6.45, 7) is 1.53. The first-order chi connectivity index (χ1) is 14.4. The number of nitrogens with one attached hydrogen (secondary N) is 2. The second kappa shape index (κ2) is 8.26. The maximum atomic E-state index is 15.4. The molecule has 0 saturated carbocycles. The number of hydrogen-bond acceptors (Lipinski definition) is 10. The number of aromatic nitrogens is 4. The van der Waals surface area contributed by atoms with Gasteiger partial charge in [-0.1, -0.05) is 0 Å². The van der Waals surface area contributed by atoms with Crippen LogP contribution in [-0.2, 0) is 18.6 Å². The molecule has 1 aliphatic heterocycles. The number of ether oxygens (including phenoxy) is 1. The standard InChI is InChI=1S/C15H23FN7O7P/c1-6(12(25)26)22-31(27,28)29-4-7-9(24)15(2,16)13(30-7)23-5-19-8-10(18-3)20-14(17)21-11(8)23/h5-7,9,13,24H,4H2,1-3H3,(H,25,26)(H2,22,27,28)(H3,17,18,20,21). The minimum absolute atomic E-state index is 0.0996. The summed E-state index contributed by atoms with van der Waals surface area (Å²) in [5, 5.41) is 23.9. The molecule has 1 saturated heterocycles. The summed E-state index contributed by atoms with van der Waals surface area (Å²) in [5.74, 6) is -1.17. The molecule has 0 bridgehead atoms. The molecule has 2 aromatic heterocycles. The number of halogens is 1. The molecule has 1 fully saturated rings. The second-order valence-electron chi connectivity index (χ2n) is 7.13. The fourth-order valence-corrected chi connectivity index (χ4v) is 4.16. The average Bonchev–Trinajstić information content (AvgIpc) is 3.18. The molecule has 0 radical (unpaired) electrons. The van der Waals surface area contributed by atoms with Crippen LogP contribution in [0.15, 0.2) is 6.33 Å². The summed E-state index contributed by atoms with van der Waals surface area (Å²) in [5.41, 5.74) is 3.75. The van der Waals surface area contributed by atoms with Crippen molar-refractivity contribution in [2.24, 2.45) is 0 Å². The van der Waals surface area contributed by atoms with E-state index in [1.165, 1.54) is 10.9 Å². The number of carboxylic acids is 1. The molecule has 7 N–H and O–H groups in total. The molecular formula is C15H23FN7O7P. The third kappa shape index (κ3) is 4.46. The molecule has 2 aromatic rings. The van der Waals surface area contributed by atoms with Crippen LogP contribution in [0.4, 0.5) is 16.2 Å². The van der Waals surface area contributed by atoms with Crippen molar-refractivity contribution in [2.75, 3.05) is 24.7 Å². The van der Waals surface area contributed by atoms with E-state index in [0.717, 1.165) is 13.8 Å². The molecule has 0 aromatic carbocycles. The zero-order valence-corrected chi connectivity index (χ0v) is 17.7. The van der Waals surface area contributed by atoms with E-state index < -0.39 is 50.5 Å². The fourth-order valence-electron chi connectivity index (χ4n) is 3.14. The van der Waals surface area contributed by atoms with E-state index in [9.17, 15) is 19.4 Å². The van der Waals surface area contributed by atoms with Gasteiger partial charge < -0.3 is 30.9 Å². The van der Waals surface area contributed by atoms with Crippen molar-refractivity contribution in [3.05, 3.63) is 6.33 Å². The number of rotatable bonds is 8. The largest absolute Gasteiger partial charge is 0.480 e. The third-order valence-electron chi connectivity index (χ3n) is 4.79. The van der Waals surface area contributed by atoms with E-state index >= 15 is 4.39 Å². The summed E-state index contributed by atoms with van der Waals surface area (Å²) >= 11 is 0. The van der Waals surface area contributed by atoms with Gasteiger partial charge in [-0.05, 0) is 13.8 Å². The van der Waals surface area contributed by atoms with Gasteiger partial charge in [-0.25, -0.2) is 19.0 Å². The van der Waals surface area contributed by atoms with Crippen LogP contribution in [0, 0.1) is 0 Å². The Hall–Kier alpha value is -2.42. The molecule has 3 rings (SSSR count). The van der Waals surface area contributed by atoms with Crippen LogP contribution in [0.5, 0.6) is 0 Å². The van der Waals surface area contributed by atoms with Crippen molar-refractivity contribution in [3.63, 3.8) is 0 Å². The highest BCUT2D eigenvalue weighted by molar-refractivity contribution is 7.50. The minimum Gasteiger partial charge on any atom is -0.480 e. The number of nitrogens with zero attached hydrogens (tertiary/aromatic N) is 4. The van der Waals surface area contributed by atoms with Crippen LogP contribution in [0.1, 0.15) is 20.1 Å². The van der Waals surface area contributed by atoms with Crippen LogP contribution in [0.25, 0.3) is 11.2 Å². The van der Waals surface area contributed by atoms with Gasteiger partial charge in [0.2, 0.25) is 5.95 Å². The van der Waals surface area contributed by atoms with Gasteiger partial charge in [0.25, 0.3) is 0 Å². The number of aliphatic hydroxyl groups is 1. The Kier molecular flexibility index (Phi) is 6.19. The Balaban J connectivity index is 1.82. The van der Waals surface area contributed by atoms with Crippen molar-refractivity contribution in [3.8, 4) is 0 Å². The molecule has 6 atom stereocenters. The van der Waals surface area contributed by atoms with Crippen molar-refractivity contribution >= 4 is 36.6 Å². The van der Waals surface area contributed by atoms with E-state index in [4.69, 9.17) is 20.1 Å². The highest BCUT2D eigenvalue weighted by atomic mass is 31.2. The lowest BCUT2D eigenvalue weighted by atomic mass is 9.98. The third-order valence-corrected chi connectivity index (χ3v) is 6.00. The van der Waals surface area contributed by atoms with Crippen LogP contribution in [0.2, 0.25) is 0 Å². The Morgan fingerprint density at radius 3 is 2.84 bits per heavy atom. The lowest BCUT2D eigenvalue weighted by Gasteiger charge is -2.24. The normalized spacial score (nSPS) is 29.0. The Labute approximate surface area is 175 Å². The summed E-state index contributed by atoms with van der Waals surface area (Å²) in [6, 6.07) is -1.38. The molecule has 16 heteroatoms.